The van der Waals surface area contributed by atoms with Crippen LogP contribution < -0.4 is 4.90 Å². The lowest BCUT2D eigenvalue weighted by molar-refractivity contribution is 0.0984. The van der Waals surface area contributed by atoms with Crippen LogP contribution in [0.4, 0.5) is 5.13 Å². The number of likely N-dealkylation sites (N-methyl/N-ethyl adjacent to an activating group) is 1. The van der Waals surface area contributed by atoms with E-state index in [-0.39, 0.29) is 18.3 Å². The fourth-order valence-electron chi connectivity index (χ4n) is 3.03. The minimum atomic E-state index is 0. The number of fused-ring (bicyclic) bond motifs is 1. The van der Waals surface area contributed by atoms with E-state index in [4.69, 9.17) is 4.98 Å². The van der Waals surface area contributed by atoms with Gasteiger partial charge in [0.25, 0.3) is 5.91 Å². The van der Waals surface area contributed by atoms with E-state index < -0.39 is 0 Å². The molecule has 0 saturated heterocycles. The molecule has 3 aromatic rings. The highest BCUT2D eigenvalue weighted by molar-refractivity contribution is 7.22. The Balaban J connectivity index is 0.00000280. The van der Waals surface area contributed by atoms with Crippen molar-refractivity contribution in [3.8, 4) is 0 Å². The van der Waals surface area contributed by atoms with Crippen LogP contribution in [0.3, 0.4) is 0 Å². The van der Waals surface area contributed by atoms with Crippen LogP contribution in [0.5, 0.6) is 0 Å². The van der Waals surface area contributed by atoms with E-state index in [9.17, 15) is 4.79 Å². The fraction of sp³-hybridized carbons (Fsp3) is 0.364. The minimum Gasteiger partial charge on any atom is -0.308 e. The highest BCUT2D eigenvalue weighted by Gasteiger charge is 2.23. The average molecular weight is 418 g/mol. The molecule has 1 aromatic heterocycles. The Kier molecular flexibility index (Phi) is 7.21. The normalized spacial score (nSPS) is 11.0. The maximum atomic E-state index is 13.4. The molecule has 0 unspecified atom stereocenters. The number of carbonyl (C=O) groups excluding carboxylic acids is 1. The molecule has 0 spiro atoms. The van der Waals surface area contributed by atoms with Gasteiger partial charge in [-0.3, -0.25) is 9.69 Å². The van der Waals surface area contributed by atoms with Gasteiger partial charge in [0.1, 0.15) is 0 Å². The molecule has 0 radical (unpaired) electrons. The van der Waals surface area contributed by atoms with Gasteiger partial charge in [-0.15, -0.1) is 12.4 Å². The van der Waals surface area contributed by atoms with Gasteiger partial charge >= 0.3 is 0 Å². The second-order valence-electron chi connectivity index (χ2n) is 7.43. The van der Waals surface area contributed by atoms with Crippen molar-refractivity contribution in [1.82, 2.24) is 9.88 Å². The first-order valence-electron chi connectivity index (χ1n) is 9.18. The Morgan fingerprint density at radius 1 is 1.00 bits per heavy atom. The van der Waals surface area contributed by atoms with E-state index in [2.05, 4.69) is 30.9 Å². The number of rotatable bonds is 5. The van der Waals surface area contributed by atoms with Crippen molar-refractivity contribution < 1.29 is 4.79 Å². The molecule has 0 atom stereocenters. The summed E-state index contributed by atoms with van der Waals surface area (Å²) in [4.78, 5) is 22.2. The number of anilines is 1. The molecule has 0 aliphatic heterocycles. The standard InChI is InChI=1S/C22H27N3OS.ClH/c1-14-7-8-16(3)18(13-14)21(26)25(12-11-24(5)6)22-23-20-17(4)15(2)9-10-19(20)27-22;/h7-10,13H,11-12H2,1-6H3;1H. The summed E-state index contributed by atoms with van der Waals surface area (Å²) in [5.41, 5.74) is 6.24. The minimum absolute atomic E-state index is 0. The summed E-state index contributed by atoms with van der Waals surface area (Å²) < 4.78 is 1.12. The number of carbonyl (C=O) groups is 1. The van der Waals surface area contributed by atoms with Crippen molar-refractivity contribution in [2.24, 2.45) is 0 Å². The molecular weight excluding hydrogens is 390 g/mol. The van der Waals surface area contributed by atoms with Gasteiger partial charge in [-0.1, -0.05) is 35.1 Å². The number of hydrogen-bond donors (Lipinski definition) is 0. The Bertz CT molecular complexity index is 997. The Morgan fingerprint density at radius 2 is 1.68 bits per heavy atom. The SMILES string of the molecule is Cc1ccc(C)c(C(=O)N(CCN(C)C)c2nc3c(C)c(C)ccc3s2)c1.Cl. The van der Waals surface area contributed by atoms with E-state index >= 15 is 0 Å². The highest BCUT2D eigenvalue weighted by atomic mass is 35.5. The van der Waals surface area contributed by atoms with Gasteiger partial charge in [0, 0.05) is 18.7 Å². The van der Waals surface area contributed by atoms with E-state index in [0.29, 0.717) is 6.54 Å². The van der Waals surface area contributed by atoms with Crippen LogP contribution in [-0.4, -0.2) is 43.0 Å². The van der Waals surface area contributed by atoms with Crippen LogP contribution in [0.15, 0.2) is 30.3 Å². The summed E-state index contributed by atoms with van der Waals surface area (Å²) in [6.07, 6.45) is 0. The van der Waals surface area contributed by atoms with Crippen LogP contribution in [0.1, 0.15) is 32.6 Å². The second kappa shape index (κ2) is 9.03. The van der Waals surface area contributed by atoms with Gasteiger partial charge in [-0.2, -0.15) is 0 Å². The lowest BCUT2D eigenvalue weighted by Gasteiger charge is -2.23. The number of nitrogens with zero attached hydrogens (tertiary/aromatic N) is 3. The van der Waals surface area contributed by atoms with Crippen molar-refractivity contribution in [3.63, 3.8) is 0 Å². The first-order valence-corrected chi connectivity index (χ1v) is 10.00. The lowest BCUT2D eigenvalue weighted by Crippen LogP contribution is -2.37. The Hall–Kier alpha value is -1.95. The molecule has 28 heavy (non-hydrogen) atoms. The van der Waals surface area contributed by atoms with Gasteiger partial charge < -0.3 is 4.90 Å². The predicted molar refractivity (Wildman–Crippen MR) is 122 cm³/mol. The van der Waals surface area contributed by atoms with Crippen molar-refractivity contribution >= 4 is 45.0 Å². The lowest BCUT2D eigenvalue weighted by atomic mass is 10.0. The summed E-state index contributed by atoms with van der Waals surface area (Å²) in [6, 6.07) is 10.3. The molecule has 0 aliphatic carbocycles. The van der Waals surface area contributed by atoms with Crippen LogP contribution in [0.2, 0.25) is 0 Å². The fourth-order valence-corrected chi connectivity index (χ4v) is 4.07. The molecule has 6 heteroatoms. The highest BCUT2D eigenvalue weighted by Crippen LogP contribution is 2.32. The number of aromatic nitrogens is 1. The number of amides is 1. The summed E-state index contributed by atoms with van der Waals surface area (Å²) >= 11 is 1.59. The predicted octanol–water partition coefficient (Wildman–Crippen LogP) is 5.16. The Morgan fingerprint density at radius 3 is 2.36 bits per heavy atom. The van der Waals surface area contributed by atoms with Gasteiger partial charge in [-0.05, 0) is 70.6 Å². The molecule has 1 amide bonds. The average Bonchev–Trinajstić information content (AvgIpc) is 3.04. The molecule has 150 valence electrons. The van der Waals surface area contributed by atoms with E-state index in [1.165, 1.54) is 11.1 Å². The van der Waals surface area contributed by atoms with Crippen molar-refractivity contribution in [1.29, 1.82) is 0 Å². The quantitative estimate of drug-likeness (QED) is 0.575. The van der Waals surface area contributed by atoms with Gasteiger partial charge in [0.05, 0.1) is 10.2 Å². The number of hydrogen-bond acceptors (Lipinski definition) is 4. The van der Waals surface area contributed by atoms with Crippen LogP contribution in [0, 0.1) is 27.7 Å². The number of aryl methyl sites for hydroxylation is 4. The number of halogens is 1. The number of thiazole rings is 1. The second-order valence-corrected chi connectivity index (χ2v) is 8.44. The largest absolute Gasteiger partial charge is 0.308 e. The van der Waals surface area contributed by atoms with Gasteiger partial charge in [-0.25, -0.2) is 4.98 Å². The Labute approximate surface area is 177 Å². The monoisotopic (exact) mass is 417 g/mol. The zero-order valence-electron chi connectivity index (χ0n) is 17.4. The van der Waals surface area contributed by atoms with Crippen LogP contribution in [0.25, 0.3) is 10.2 Å². The van der Waals surface area contributed by atoms with Crippen molar-refractivity contribution in [2.45, 2.75) is 27.7 Å². The summed E-state index contributed by atoms with van der Waals surface area (Å²) in [5.74, 6) is 0.0199. The first kappa shape index (κ1) is 22.3. The molecule has 0 aliphatic rings. The van der Waals surface area contributed by atoms with E-state index in [1.807, 2.05) is 51.0 Å². The number of benzene rings is 2. The van der Waals surface area contributed by atoms with E-state index in [0.717, 1.165) is 38.6 Å². The molecule has 0 bridgehead atoms. The van der Waals surface area contributed by atoms with Gasteiger partial charge in [0.15, 0.2) is 5.13 Å². The molecular formula is C22H28ClN3OS. The van der Waals surface area contributed by atoms with E-state index in [1.54, 1.807) is 11.3 Å². The summed E-state index contributed by atoms with van der Waals surface area (Å²) in [5, 5.41) is 0.770. The molecule has 0 fully saturated rings. The third-order valence-corrected chi connectivity index (χ3v) is 5.99. The summed E-state index contributed by atoms with van der Waals surface area (Å²) in [6.45, 7) is 9.59. The molecule has 4 nitrogen and oxygen atoms in total. The maximum Gasteiger partial charge on any atom is 0.260 e. The smallest absolute Gasteiger partial charge is 0.260 e. The van der Waals surface area contributed by atoms with Crippen LogP contribution >= 0.6 is 23.7 Å². The third-order valence-electron chi connectivity index (χ3n) is 4.94. The third kappa shape index (κ3) is 4.54. The van der Waals surface area contributed by atoms with Crippen LogP contribution in [-0.2, 0) is 0 Å². The summed E-state index contributed by atoms with van der Waals surface area (Å²) in [7, 11) is 4.04. The maximum absolute atomic E-state index is 13.4. The zero-order valence-corrected chi connectivity index (χ0v) is 19.0. The van der Waals surface area contributed by atoms with Crippen molar-refractivity contribution in [3.05, 3.63) is 58.1 Å². The topological polar surface area (TPSA) is 36.4 Å². The molecule has 0 N–H and O–H groups in total. The molecule has 3 rings (SSSR count). The van der Waals surface area contributed by atoms with Gasteiger partial charge in [0.2, 0.25) is 0 Å². The first-order chi connectivity index (χ1) is 12.8. The molecule has 1 heterocycles. The molecule has 0 saturated carbocycles. The van der Waals surface area contributed by atoms with Crippen molar-refractivity contribution in [2.75, 3.05) is 32.1 Å². The molecule has 2 aromatic carbocycles. The zero-order chi connectivity index (χ0) is 19.7.